The predicted octanol–water partition coefficient (Wildman–Crippen LogP) is 4.45. The molecule has 0 spiro atoms. The summed E-state index contributed by atoms with van der Waals surface area (Å²) >= 11 is 3.32. The molecule has 1 atom stereocenters. The molecule has 0 aliphatic heterocycles. The smallest absolute Gasteiger partial charge is 0.408 e. The Kier molecular flexibility index (Phi) is 7.01. The summed E-state index contributed by atoms with van der Waals surface area (Å²) in [5.41, 5.74) is 0.458. The van der Waals surface area contributed by atoms with Crippen LogP contribution in [0.2, 0.25) is 0 Å². The number of hydrogen-bond donors (Lipinski definition) is 1. The van der Waals surface area contributed by atoms with Gasteiger partial charge in [0.15, 0.2) is 5.37 Å². The summed E-state index contributed by atoms with van der Waals surface area (Å²) in [5, 5.41) is 1.26. The number of amides is 1. The lowest BCUT2D eigenvalue weighted by atomic mass is 10.2. The molecular weight excluding hydrogens is 406 g/mol. The van der Waals surface area contributed by atoms with Gasteiger partial charge in [-0.05, 0) is 36.2 Å². The number of alkyl carbamates (subject to hydrolysis) is 1. The monoisotopic (exact) mass is 425 g/mol. The molecule has 0 aromatic heterocycles. The van der Waals surface area contributed by atoms with Crippen LogP contribution in [0.25, 0.3) is 0 Å². The standard InChI is InChI=1S/C18H20BrNO4S/c1-2-3-13-24-18(21)20-17(14-9-11-15(19)12-10-14)25(22,23)16-7-5-4-6-8-16/h4-12,17H,2-3,13H2,1H3,(H,20,21). The summed E-state index contributed by atoms with van der Waals surface area (Å²) in [7, 11) is -3.82. The Morgan fingerprint density at radius 3 is 2.36 bits per heavy atom. The van der Waals surface area contributed by atoms with Crippen LogP contribution in [-0.2, 0) is 14.6 Å². The van der Waals surface area contributed by atoms with E-state index in [1.54, 1.807) is 42.5 Å². The van der Waals surface area contributed by atoms with Crippen LogP contribution in [0.1, 0.15) is 30.7 Å². The second-order valence-electron chi connectivity index (χ2n) is 5.42. The van der Waals surface area contributed by atoms with Crippen LogP contribution in [0.3, 0.4) is 0 Å². The van der Waals surface area contributed by atoms with Gasteiger partial charge in [0, 0.05) is 4.47 Å². The molecule has 0 fully saturated rings. The number of rotatable bonds is 7. The lowest BCUT2D eigenvalue weighted by Gasteiger charge is -2.20. The van der Waals surface area contributed by atoms with E-state index in [4.69, 9.17) is 4.74 Å². The van der Waals surface area contributed by atoms with E-state index in [9.17, 15) is 13.2 Å². The molecule has 0 saturated heterocycles. The van der Waals surface area contributed by atoms with Crippen LogP contribution in [0.15, 0.2) is 64.0 Å². The summed E-state index contributed by atoms with van der Waals surface area (Å²) in [6.07, 6.45) is 0.856. The second-order valence-corrected chi connectivity index (χ2v) is 8.37. The van der Waals surface area contributed by atoms with E-state index < -0.39 is 21.3 Å². The molecule has 5 nitrogen and oxygen atoms in total. The molecular formula is C18H20BrNO4S. The first-order chi connectivity index (χ1) is 11.9. The number of ether oxygens (including phenoxy) is 1. The summed E-state index contributed by atoms with van der Waals surface area (Å²) < 4.78 is 31.9. The molecule has 0 saturated carbocycles. The Morgan fingerprint density at radius 1 is 1.12 bits per heavy atom. The molecule has 1 unspecified atom stereocenters. The summed E-state index contributed by atoms with van der Waals surface area (Å²) in [5.74, 6) is 0. The molecule has 0 aliphatic rings. The first-order valence-electron chi connectivity index (χ1n) is 7.93. The normalized spacial score (nSPS) is 12.4. The molecule has 2 aromatic rings. The van der Waals surface area contributed by atoms with Crippen LogP contribution in [0.4, 0.5) is 4.79 Å². The third-order valence-electron chi connectivity index (χ3n) is 3.53. The zero-order chi connectivity index (χ0) is 18.3. The predicted molar refractivity (Wildman–Crippen MR) is 99.9 cm³/mol. The average molecular weight is 426 g/mol. The number of carbonyl (C=O) groups is 1. The van der Waals surface area contributed by atoms with Crippen LogP contribution < -0.4 is 5.32 Å². The van der Waals surface area contributed by atoms with Crippen LogP contribution in [-0.4, -0.2) is 21.1 Å². The van der Waals surface area contributed by atoms with Gasteiger partial charge < -0.3 is 10.1 Å². The van der Waals surface area contributed by atoms with Gasteiger partial charge in [0.25, 0.3) is 0 Å². The third-order valence-corrected chi connectivity index (χ3v) is 6.00. The maximum Gasteiger partial charge on any atom is 0.408 e. The van der Waals surface area contributed by atoms with Crippen LogP contribution in [0, 0.1) is 0 Å². The van der Waals surface area contributed by atoms with Gasteiger partial charge in [-0.1, -0.05) is 59.6 Å². The molecule has 1 amide bonds. The number of sulfone groups is 1. The van der Waals surface area contributed by atoms with E-state index in [1.807, 2.05) is 6.92 Å². The van der Waals surface area contributed by atoms with Gasteiger partial charge in [0.05, 0.1) is 11.5 Å². The molecule has 25 heavy (non-hydrogen) atoms. The Hall–Kier alpha value is -1.86. The molecule has 134 valence electrons. The van der Waals surface area contributed by atoms with Crippen molar-refractivity contribution in [2.75, 3.05) is 6.61 Å². The minimum absolute atomic E-state index is 0.136. The topological polar surface area (TPSA) is 72.5 Å². The number of benzene rings is 2. The van der Waals surface area contributed by atoms with Crippen molar-refractivity contribution in [3.05, 3.63) is 64.6 Å². The first-order valence-corrected chi connectivity index (χ1v) is 10.3. The Morgan fingerprint density at radius 2 is 1.76 bits per heavy atom. The fourth-order valence-corrected chi connectivity index (χ4v) is 4.02. The van der Waals surface area contributed by atoms with Crippen molar-refractivity contribution in [3.8, 4) is 0 Å². The highest BCUT2D eigenvalue weighted by atomic mass is 79.9. The van der Waals surface area contributed by atoms with E-state index in [2.05, 4.69) is 21.2 Å². The van der Waals surface area contributed by atoms with E-state index in [-0.39, 0.29) is 11.5 Å². The lowest BCUT2D eigenvalue weighted by molar-refractivity contribution is 0.143. The summed E-state index contributed by atoms with van der Waals surface area (Å²) in [4.78, 5) is 12.2. The molecule has 0 radical (unpaired) electrons. The first kappa shape index (κ1) is 19.5. The molecule has 7 heteroatoms. The number of nitrogens with one attached hydrogen (secondary N) is 1. The number of unbranched alkanes of at least 4 members (excludes halogenated alkanes) is 1. The second kappa shape index (κ2) is 9.01. The Bertz CT molecular complexity index is 792. The Balaban J connectivity index is 2.32. The average Bonchev–Trinajstić information content (AvgIpc) is 2.61. The Labute approximate surface area is 156 Å². The van der Waals surface area contributed by atoms with E-state index in [0.717, 1.165) is 17.3 Å². The lowest BCUT2D eigenvalue weighted by Crippen LogP contribution is -2.34. The maximum atomic E-state index is 13.0. The van der Waals surface area contributed by atoms with Crippen molar-refractivity contribution in [2.24, 2.45) is 0 Å². The fraction of sp³-hybridized carbons (Fsp3) is 0.278. The van der Waals surface area contributed by atoms with Crippen molar-refractivity contribution in [3.63, 3.8) is 0 Å². The number of hydrogen-bond acceptors (Lipinski definition) is 4. The van der Waals surface area contributed by atoms with Crippen molar-refractivity contribution in [2.45, 2.75) is 30.0 Å². The summed E-state index contributed by atoms with van der Waals surface area (Å²) in [6.45, 7) is 2.23. The number of halogens is 1. The fourth-order valence-electron chi connectivity index (χ4n) is 2.18. The van der Waals surface area contributed by atoms with Crippen LogP contribution in [0.5, 0.6) is 0 Å². The van der Waals surface area contributed by atoms with Crippen molar-refractivity contribution in [1.82, 2.24) is 5.32 Å². The van der Waals surface area contributed by atoms with Gasteiger partial charge in [-0.3, -0.25) is 0 Å². The van der Waals surface area contributed by atoms with Gasteiger partial charge in [0.2, 0.25) is 9.84 Å². The zero-order valence-corrected chi connectivity index (χ0v) is 16.2. The minimum Gasteiger partial charge on any atom is -0.450 e. The number of carbonyl (C=O) groups excluding carboxylic acids is 1. The largest absolute Gasteiger partial charge is 0.450 e. The van der Waals surface area contributed by atoms with Gasteiger partial charge in [0.1, 0.15) is 0 Å². The van der Waals surface area contributed by atoms with Crippen molar-refractivity contribution < 1.29 is 17.9 Å². The molecule has 0 bridgehead atoms. The minimum atomic E-state index is -3.82. The molecule has 2 aromatic carbocycles. The van der Waals surface area contributed by atoms with Gasteiger partial charge in [-0.2, -0.15) is 0 Å². The highest BCUT2D eigenvalue weighted by Crippen LogP contribution is 2.27. The van der Waals surface area contributed by atoms with E-state index in [0.29, 0.717) is 5.56 Å². The molecule has 0 heterocycles. The SMILES string of the molecule is CCCCOC(=O)NC(c1ccc(Br)cc1)S(=O)(=O)c1ccccc1. The third kappa shape index (κ3) is 5.31. The highest BCUT2D eigenvalue weighted by Gasteiger charge is 2.31. The molecule has 1 N–H and O–H groups in total. The van der Waals surface area contributed by atoms with Gasteiger partial charge >= 0.3 is 6.09 Å². The molecule has 0 aliphatic carbocycles. The van der Waals surface area contributed by atoms with E-state index in [1.165, 1.54) is 12.1 Å². The van der Waals surface area contributed by atoms with E-state index >= 15 is 0 Å². The zero-order valence-electron chi connectivity index (χ0n) is 13.8. The van der Waals surface area contributed by atoms with Crippen molar-refractivity contribution >= 4 is 31.9 Å². The van der Waals surface area contributed by atoms with Crippen molar-refractivity contribution in [1.29, 1.82) is 0 Å². The van der Waals surface area contributed by atoms with Gasteiger partial charge in [-0.25, -0.2) is 13.2 Å². The highest BCUT2D eigenvalue weighted by molar-refractivity contribution is 9.10. The molecule has 2 rings (SSSR count). The van der Waals surface area contributed by atoms with Gasteiger partial charge in [-0.15, -0.1) is 0 Å². The maximum absolute atomic E-state index is 13.0. The summed E-state index contributed by atoms with van der Waals surface area (Å²) in [6, 6.07) is 14.8. The van der Waals surface area contributed by atoms with Crippen LogP contribution >= 0.6 is 15.9 Å². The quantitative estimate of drug-likeness (QED) is 0.665.